The van der Waals surface area contributed by atoms with Gasteiger partial charge in [-0.3, -0.25) is 9.78 Å². The molecule has 1 aliphatic heterocycles. The number of pyridine rings is 1. The van der Waals surface area contributed by atoms with Gasteiger partial charge in [-0.1, -0.05) is 23.7 Å². The van der Waals surface area contributed by atoms with Gasteiger partial charge in [0.15, 0.2) is 5.11 Å². The molecule has 2 aromatic heterocycles. The van der Waals surface area contributed by atoms with Crippen LogP contribution in [0.25, 0.3) is 5.69 Å². The molecule has 0 bridgehead atoms. The van der Waals surface area contributed by atoms with Crippen molar-refractivity contribution in [3.05, 3.63) is 102 Å². The molecule has 0 spiro atoms. The lowest BCUT2D eigenvalue weighted by molar-refractivity contribution is -0.119. The first-order chi connectivity index (χ1) is 18.5. The monoisotopic (exact) mass is 547 g/mol. The molecule has 1 amide bonds. The van der Waals surface area contributed by atoms with Crippen molar-refractivity contribution in [1.82, 2.24) is 14.9 Å². The average molecular weight is 548 g/mol. The van der Waals surface area contributed by atoms with Crippen molar-refractivity contribution < 1.29 is 14.3 Å². The van der Waals surface area contributed by atoms with Crippen LogP contribution in [0, 0.1) is 0 Å². The first-order valence-electron chi connectivity index (χ1n) is 11.9. The minimum Gasteiger partial charge on any atom is -0.495 e. The Hall–Kier alpha value is -3.92. The van der Waals surface area contributed by atoms with E-state index in [0.717, 1.165) is 22.8 Å². The van der Waals surface area contributed by atoms with Crippen LogP contribution in [0.5, 0.6) is 5.75 Å². The van der Waals surface area contributed by atoms with E-state index < -0.39 is 0 Å². The molecule has 3 heterocycles. The van der Waals surface area contributed by atoms with Gasteiger partial charge in [-0.05, 0) is 72.9 Å². The van der Waals surface area contributed by atoms with E-state index in [1.165, 1.54) is 7.11 Å². The first kappa shape index (κ1) is 25.7. The van der Waals surface area contributed by atoms with Crippen LogP contribution in [0.2, 0.25) is 5.02 Å². The molecule has 1 aliphatic rings. The molecule has 194 valence electrons. The Balaban J connectivity index is 1.63. The highest BCUT2D eigenvalue weighted by Gasteiger charge is 2.42. The molecule has 0 aliphatic carbocycles. The number of nitrogens with zero attached hydrogens (tertiary/aromatic N) is 3. The lowest BCUT2D eigenvalue weighted by Gasteiger charge is -2.29. The number of anilines is 2. The fourth-order valence-electron chi connectivity index (χ4n) is 4.69. The summed E-state index contributed by atoms with van der Waals surface area (Å²) in [5.41, 5.74) is 4.05. The fraction of sp³-hybridized carbons (Fsp3) is 0.179. The van der Waals surface area contributed by atoms with Crippen molar-refractivity contribution in [3.63, 3.8) is 0 Å². The summed E-state index contributed by atoms with van der Waals surface area (Å²) in [6.07, 6.45) is 3.77. The van der Waals surface area contributed by atoms with E-state index in [1.807, 2.05) is 77.8 Å². The van der Waals surface area contributed by atoms with Gasteiger partial charge in [-0.15, -0.1) is 0 Å². The van der Waals surface area contributed by atoms with E-state index in [-0.39, 0.29) is 24.6 Å². The summed E-state index contributed by atoms with van der Waals surface area (Å²) >= 11 is 12.2. The molecule has 38 heavy (non-hydrogen) atoms. The van der Waals surface area contributed by atoms with Crippen molar-refractivity contribution in [3.8, 4) is 11.4 Å². The largest absolute Gasteiger partial charge is 0.495 e. The van der Waals surface area contributed by atoms with Crippen molar-refractivity contribution in [2.45, 2.75) is 12.1 Å². The second-order valence-electron chi connectivity index (χ2n) is 8.65. The SMILES string of the molecule is COCC(=O)Nc1cc(N2C(=S)N[C@H](c3ccccn3)[C@@H]2c2cccn2-c2cccc(Cl)c2)ccc1OC. The number of nitrogens with one attached hydrogen (secondary N) is 2. The summed E-state index contributed by atoms with van der Waals surface area (Å²) in [4.78, 5) is 19.0. The van der Waals surface area contributed by atoms with Gasteiger partial charge in [-0.25, -0.2) is 0 Å². The Kier molecular flexibility index (Phi) is 7.59. The summed E-state index contributed by atoms with van der Waals surface area (Å²) in [7, 11) is 3.03. The number of benzene rings is 2. The number of hydrogen-bond donors (Lipinski definition) is 2. The van der Waals surface area contributed by atoms with Gasteiger partial charge in [0.1, 0.15) is 18.4 Å². The number of halogens is 1. The maximum absolute atomic E-state index is 12.3. The van der Waals surface area contributed by atoms with E-state index in [4.69, 9.17) is 33.3 Å². The topological polar surface area (TPSA) is 80.7 Å². The summed E-state index contributed by atoms with van der Waals surface area (Å²) in [6, 6.07) is 22.6. The van der Waals surface area contributed by atoms with E-state index in [2.05, 4.69) is 26.3 Å². The van der Waals surface area contributed by atoms with Crippen LogP contribution in [0.1, 0.15) is 23.5 Å². The summed E-state index contributed by atoms with van der Waals surface area (Å²) < 4.78 is 12.6. The molecule has 2 atom stereocenters. The third-order valence-electron chi connectivity index (χ3n) is 6.28. The van der Waals surface area contributed by atoms with E-state index in [9.17, 15) is 4.79 Å². The van der Waals surface area contributed by atoms with Crippen LogP contribution < -0.4 is 20.3 Å². The Morgan fingerprint density at radius 3 is 2.68 bits per heavy atom. The lowest BCUT2D eigenvalue weighted by Crippen LogP contribution is -2.30. The van der Waals surface area contributed by atoms with Crippen LogP contribution in [-0.2, 0) is 9.53 Å². The van der Waals surface area contributed by atoms with Gasteiger partial charge in [0, 0.05) is 41.6 Å². The number of ether oxygens (including phenoxy) is 2. The highest BCUT2D eigenvalue weighted by atomic mass is 35.5. The second-order valence-corrected chi connectivity index (χ2v) is 9.47. The van der Waals surface area contributed by atoms with Crippen LogP contribution in [0.4, 0.5) is 11.4 Å². The predicted molar refractivity (Wildman–Crippen MR) is 152 cm³/mol. The predicted octanol–water partition coefficient (Wildman–Crippen LogP) is 5.30. The molecular formula is C28H26ClN5O3S. The molecule has 2 aromatic carbocycles. The van der Waals surface area contributed by atoms with Gasteiger partial charge in [0.2, 0.25) is 5.91 Å². The maximum Gasteiger partial charge on any atom is 0.250 e. The zero-order valence-electron chi connectivity index (χ0n) is 20.8. The highest BCUT2D eigenvalue weighted by molar-refractivity contribution is 7.80. The van der Waals surface area contributed by atoms with Crippen molar-refractivity contribution in [2.24, 2.45) is 0 Å². The van der Waals surface area contributed by atoms with Crippen molar-refractivity contribution in [1.29, 1.82) is 0 Å². The maximum atomic E-state index is 12.3. The number of carbonyl (C=O) groups is 1. The molecule has 8 nitrogen and oxygen atoms in total. The van der Waals surface area contributed by atoms with Crippen molar-refractivity contribution in [2.75, 3.05) is 31.0 Å². The summed E-state index contributed by atoms with van der Waals surface area (Å²) in [6.45, 7) is -0.0748. The fourth-order valence-corrected chi connectivity index (χ4v) is 5.22. The number of amides is 1. The van der Waals surface area contributed by atoms with E-state index >= 15 is 0 Å². The molecule has 0 unspecified atom stereocenters. The number of thiocarbonyl (C=S) groups is 1. The van der Waals surface area contributed by atoms with E-state index in [1.54, 1.807) is 13.3 Å². The van der Waals surface area contributed by atoms with Crippen LogP contribution in [-0.4, -0.2) is 41.4 Å². The van der Waals surface area contributed by atoms with E-state index in [0.29, 0.717) is 21.6 Å². The lowest BCUT2D eigenvalue weighted by atomic mass is 10.0. The van der Waals surface area contributed by atoms with Gasteiger partial charge in [0.25, 0.3) is 0 Å². The van der Waals surface area contributed by atoms with Crippen molar-refractivity contribution >= 4 is 46.2 Å². The number of aromatic nitrogens is 2. The Labute approximate surface area is 231 Å². The second kappa shape index (κ2) is 11.2. The Morgan fingerprint density at radius 1 is 1.08 bits per heavy atom. The number of methoxy groups -OCH3 is 2. The van der Waals surface area contributed by atoms with Crippen LogP contribution in [0.15, 0.2) is 85.2 Å². The molecule has 1 saturated heterocycles. The van der Waals surface area contributed by atoms with Gasteiger partial charge < -0.3 is 29.6 Å². The number of rotatable bonds is 8. The minimum atomic E-state index is -0.289. The van der Waals surface area contributed by atoms with Gasteiger partial charge in [-0.2, -0.15) is 0 Å². The average Bonchev–Trinajstić information content (AvgIpc) is 3.53. The third-order valence-corrected chi connectivity index (χ3v) is 6.83. The highest BCUT2D eigenvalue weighted by Crippen LogP contribution is 2.43. The zero-order valence-corrected chi connectivity index (χ0v) is 22.4. The molecule has 4 aromatic rings. The minimum absolute atomic E-state index is 0.0748. The number of carbonyl (C=O) groups excluding carboxylic acids is 1. The smallest absolute Gasteiger partial charge is 0.250 e. The normalized spacial score (nSPS) is 16.8. The Bertz CT molecular complexity index is 1460. The summed E-state index contributed by atoms with van der Waals surface area (Å²) in [5.74, 6) is 0.235. The Morgan fingerprint density at radius 2 is 1.95 bits per heavy atom. The zero-order chi connectivity index (χ0) is 26.6. The first-order valence-corrected chi connectivity index (χ1v) is 12.7. The molecular weight excluding hydrogens is 522 g/mol. The van der Waals surface area contributed by atoms with Crippen LogP contribution >= 0.6 is 23.8 Å². The quantitative estimate of drug-likeness (QED) is 0.290. The molecule has 0 saturated carbocycles. The molecule has 0 radical (unpaired) electrons. The molecule has 10 heteroatoms. The molecule has 1 fully saturated rings. The third kappa shape index (κ3) is 5.08. The van der Waals surface area contributed by atoms with Gasteiger partial charge >= 0.3 is 0 Å². The number of hydrogen-bond acceptors (Lipinski definition) is 5. The standard InChI is InChI=1S/C28H26ClN5O3S/c1-36-17-25(35)31-22-16-20(11-12-24(22)37-2)34-27(26(32-28(34)38)21-9-3-4-13-30-21)23-10-6-14-33(23)19-8-5-7-18(29)15-19/h3-16,26-27H,17H2,1-2H3,(H,31,35)(H,32,38)/t26-,27+/m1/s1. The van der Waals surface area contributed by atoms with Gasteiger partial charge in [0.05, 0.1) is 24.5 Å². The molecule has 5 rings (SSSR count). The van der Waals surface area contributed by atoms with Crippen LogP contribution in [0.3, 0.4) is 0 Å². The molecule has 2 N–H and O–H groups in total. The summed E-state index contributed by atoms with van der Waals surface area (Å²) in [5, 5.41) is 7.52.